The van der Waals surface area contributed by atoms with Gasteiger partial charge in [0.05, 0.1) is 15.7 Å². The molecule has 0 amide bonds. The second-order valence-corrected chi connectivity index (χ2v) is 7.22. The fourth-order valence-electron chi connectivity index (χ4n) is 3.09. The lowest BCUT2D eigenvalue weighted by molar-refractivity contribution is 0.174. The second-order valence-electron chi connectivity index (χ2n) is 6.04. The van der Waals surface area contributed by atoms with E-state index in [-0.39, 0.29) is 6.79 Å². The van der Waals surface area contributed by atoms with Crippen molar-refractivity contribution in [2.45, 2.75) is 0 Å². The summed E-state index contributed by atoms with van der Waals surface area (Å²) in [4.78, 5) is 7.77. The van der Waals surface area contributed by atoms with Crippen molar-refractivity contribution >= 4 is 41.1 Å². The zero-order valence-electron chi connectivity index (χ0n) is 13.7. The van der Waals surface area contributed by atoms with E-state index in [1.54, 1.807) is 12.3 Å². The molecule has 1 aliphatic heterocycles. The molecule has 0 aliphatic carbocycles. The van der Waals surface area contributed by atoms with Crippen LogP contribution in [0.4, 0.5) is 0 Å². The standard InChI is InChI=1S/C19H11Cl2N3O2S/c20-13-3-1-11(5-14(13)21)15-8-24-18(23-15)12(7-22-19(24)27)10-2-4-16-17(6-10)26-9-25-16/h1-8,23H,9H2. The van der Waals surface area contributed by atoms with E-state index in [1.807, 2.05) is 40.9 Å². The Labute approximate surface area is 169 Å². The van der Waals surface area contributed by atoms with Crippen molar-refractivity contribution in [2.24, 2.45) is 0 Å². The first kappa shape index (κ1) is 16.6. The van der Waals surface area contributed by atoms with Crippen LogP contribution in [0.15, 0.2) is 48.8 Å². The lowest BCUT2D eigenvalue weighted by Crippen LogP contribution is -1.93. The third-order valence-electron chi connectivity index (χ3n) is 4.43. The highest BCUT2D eigenvalue weighted by molar-refractivity contribution is 7.71. The van der Waals surface area contributed by atoms with E-state index in [2.05, 4.69) is 9.97 Å². The van der Waals surface area contributed by atoms with E-state index in [1.165, 1.54) is 0 Å². The summed E-state index contributed by atoms with van der Waals surface area (Å²) in [6.45, 7) is 0.232. The minimum Gasteiger partial charge on any atom is -0.454 e. The van der Waals surface area contributed by atoms with E-state index in [0.29, 0.717) is 20.6 Å². The van der Waals surface area contributed by atoms with Crippen LogP contribution < -0.4 is 9.47 Å². The molecule has 2 aromatic carbocycles. The van der Waals surface area contributed by atoms with Gasteiger partial charge in [0.25, 0.3) is 0 Å². The Morgan fingerprint density at radius 2 is 1.81 bits per heavy atom. The van der Waals surface area contributed by atoms with Crippen molar-refractivity contribution in [1.29, 1.82) is 0 Å². The molecule has 0 atom stereocenters. The first-order chi connectivity index (χ1) is 13.1. The van der Waals surface area contributed by atoms with Crippen LogP contribution in [-0.4, -0.2) is 21.2 Å². The Hall–Kier alpha value is -2.54. The highest BCUT2D eigenvalue weighted by Gasteiger charge is 2.16. The Balaban J connectivity index is 1.70. The van der Waals surface area contributed by atoms with Crippen LogP contribution in [0.1, 0.15) is 0 Å². The molecule has 5 rings (SSSR count). The van der Waals surface area contributed by atoms with Gasteiger partial charge in [-0.3, -0.25) is 4.40 Å². The molecule has 8 heteroatoms. The Morgan fingerprint density at radius 3 is 2.67 bits per heavy atom. The largest absolute Gasteiger partial charge is 0.454 e. The van der Waals surface area contributed by atoms with Gasteiger partial charge in [0.15, 0.2) is 11.5 Å². The van der Waals surface area contributed by atoms with E-state index < -0.39 is 0 Å². The van der Waals surface area contributed by atoms with Gasteiger partial charge in [-0.2, -0.15) is 0 Å². The first-order valence-electron chi connectivity index (χ1n) is 8.06. The number of nitrogens with one attached hydrogen (secondary N) is 1. The summed E-state index contributed by atoms with van der Waals surface area (Å²) in [6.07, 6.45) is 3.66. The average Bonchev–Trinajstić information content (AvgIpc) is 3.31. The number of fused-ring (bicyclic) bond motifs is 2. The molecule has 134 valence electrons. The average molecular weight is 416 g/mol. The molecule has 3 heterocycles. The number of benzene rings is 2. The fourth-order valence-corrected chi connectivity index (χ4v) is 3.59. The second kappa shape index (κ2) is 6.27. The van der Waals surface area contributed by atoms with Crippen molar-refractivity contribution in [1.82, 2.24) is 14.4 Å². The predicted octanol–water partition coefficient (Wildman–Crippen LogP) is 5.76. The van der Waals surface area contributed by atoms with Crippen LogP contribution in [0.25, 0.3) is 28.0 Å². The molecule has 0 radical (unpaired) electrons. The maximum absolute atomic E-state index is 6.16. The summed E-state index contributed by atoms with van der Waals surface area (Å²) in [5.74, 6) is 1.45. The zero-order valence-corrected chi connectivity index (χ0v) is 16.0. The molecular weight excluding hydrogens is 405 g/mol. The molecule has 0 unspecified atom stereocenters. The van der Waals surface area contributed by atoms with Crippen LogP contribution >= 0.6 is 35.4 Å². The highest BCUT2D eigenvalue weighted by atomic mass is 35.5. The van der Waals surface area contributed by atoms with Gasteiger partial charge in [-0.15, -0.1) is 0 Å². The molecule has 1 N–H and O–H groups in total. The Morgan fingerprint density at radius 1 is 1.00 bits per heavy atom. The number of hydrogen-bond acceptors (Lipinski definition) is 4. The van der Waals surface area contributed by atoms with Crippen LogP contribution in [0, 0.1) is 4.77 Å². The number of H-pyrrole nitrogens is 1. The van der Waals surface area contributed by atoms with Gasteiger partial charge < -0.3 is 14.5 Å². The Bertz CT molecular complexity index is 1270. The maximum Gasteiger partial charge on any atom is 0.231 e. The minimum atomic E-state index is 0.232. The SMILES string of the molecule is S=c1ncc(-c2ccc3c(c2)OCO3)c2[nH]c(-c3ccc(Cl)c(Cl)c3)cn12. The number of halogens is 2. The van der Waals surface area contributed by atoms with Crippen LogP contribution in [0.5, 0.6) is 11.5 Å². The quantitative estimate of drug-likeness (QED) is 0.422. The molecule has 4 aromatic rings. The molecule has 2 aromatic heterocycles. The number of aromatic amines is 1. The summed E-state index contributed by atoms with van der Waals surface area (Å²) in [5, 5.41) is 1.00. The van der Waals surface area contributed by atoms with E-state index in [9.17, 15) is 0 Å². The molecule has 0 fully saturated rings. The van der Waals surface area contributed by atoms with Crippen molar-refractivity contribution in [2.75, 3.05) is 6.79 Å². The van der Waals surface area contributed by atoms with Crippen LogP contribution in [-0.2, 0) is 0 Å². The first-order valence-corrected chi connectivity index (χ1v) is 9.22. The zero-order chi connectivity index (χ0) is 18.5. The van der Waals surface area contributed by atoms with Gasteiger partial charge in [0.2, 0.25) is 11.6 Å². The number of nitrogens with zero attached hydrogens (tertiary/aromatic N) is 2. The van der Waals surface area contributed by atoms with Crippen molar-refractivity contribution in [3.05, 3.63) is 63.6 Å². The fraction of sp³-hybridized carbons (Fsp3) is 0.0526. The van der Waals surface area contributed by atoms with Gasteiger partial charge in [-0.05, 0) is 42.0 Å². The summed E-state index contributed by atoms with van der Waals surface area (Å²) < 4.78 is 13.2. The highest BCUT2D eigenvalue weighted by Crippen LogP contribution is 2.37. The topological polar surface area (TPSA) is 51.5 Å². The van der Waals surface area contributed by atoms with Gasteiger partial charge in [-0.25, -0.2) is 4.98 Å². The van der Waals surface area contributed by atoms with Gasteiger partial charge in [-0.1, -0.05) is 35.3 Å². The van der Waals surface area contributed by atoms with Crippen molar-refractivity contribution in [3.8, 4) is 33.9 Å². The third-order valence-corrected chi connectivity index (χ3v) is 5.47. The summed E-state index contributed by atoms with van der Waals surface area (Å²) in [5.41, 5.74) is 4.43. The normalized spacial score (nSPS) is 12.7. The molecule has 27 heavy (non-hydrogen) atoms. The number of aromatic nitrogens is 3. The smallest absolute Gasteiger partial charge is 0.231 e. The number of rotatable bonds is 2. The van der Waals surface area contributed by atoms with E-state index >= 15 is 0 Å². The van der Waals surface area contributed by atoms with E-state index in [4.69, 9.17) is 44.9 Å². The Kier molecular flexibility index (Phi) is 3.86. The summed E-state index contributed by atoms with van der Waals surface area (Å²) >= 11 is 17.6. The molecule has 0 saturated heterocycles. The number of hydrogen-bond donors (Lipinski definition) is 1. The lowest BCUT2D eigenvalue weighted by Gasteiger charge is -2.05. The molecule has 0 bridgehead atoms. The van der Waals surface area contributed by atoms with E-state index in [0.717, 1.165) is 33.8 Å². The van der Waals surface area contributed by atoms with Gasteiger partial charge in [0.1, 0.15) is 5.65 Å². The summed E-state index contributed by atoms with van der Waals surface area (Å²) in [6, 6.07) is 11.3. The molecule has 1 aliphatic rings. The minimum absolute atomic E-state index is 0.232. The van der Waals surface area contributed by atoms with Crippen LogP contribution in [0.3, 0.4) is 0 Å². The van der Waals surface area contributed by atoms with Crippen molar-refractivity contribution in [3.63, 3.8) is 0 Å². The van der Waals surface area contributed by atoms with Crippen LogP contribution in [0.2, 0.25) is 10.0 Å². The third kappa shape index (κ3) is 2.77. The lowest BCUT2D eigenvalue weighted by atomic mass is 10.1. The predicted molar refractivity (Wildman–Crippen MR) is 107 cm³/mol. The summed E-state index contributed by atoms with van der Waals surface area (Å²) in [7, 11) is 0. The molecular formula is C19H11Cl2N3O2S. The monoisotopic (exact) mass is 415 g/mol. The molecule has 5 nitrogen and oxygen atoms in total. The number of ether oxygens (including phenoxy) is 2. The van der Waals surface area contributed by atoms with Gasteiger partial charge >= 0.3 is 0 Å². The maximum atomic E-state index is 6.16. The van der Waals surface area contributed by atoms with Gasteiger partial charge in [0, 0.05) is 23.5 Å². The number of imidazole rings is 1. The molecule has 0 spiro atoms. The van der Waals surface area contributed by atoms with Crippen molar-refractivity contribution < 1.29 is 9.47 Å². The molecule has 0 saturated carbocycles.